The van der Waals surface area contributed by atoms with Crippen LogP contribution in [0, 0.1) is 11.7 Å². The van der Waals surface area contributed by atoms with Crippen LogP contribution in [0.3, 0.4) is 0 Å². The standard InChI is InChI=1S/C19H27FN4/c1-16(2)12-24-15-21-11-19(24)14-23-9-7-22(8-10-23)13-17-3-5-18(20)6-4-17/h3-6,11,15-16H,7-10,12-14H2,1-2H3. The highest BCUT2D eigenvalue weighted by Gasteiger charge is 2.18. The van der Waals surface area contributed by atoms with Gasteiger partial charge >= 0.3 is 0 Å². The van der Waals surface area contributed by atoms with Crippen molar-refractivity contribution in [2.75, 3.05) is 26.2 Å². The number of rotatable bonds is 6. The molecule has 0 unspecified atom stereocenters. The van der Waals surface area contributed by atoms with Crippen molar-refractivity contribution in [2.45, 2.75) is 33.5 Å². The van der Waals surface area contributed by atoms with Crippen molar-refractivity contribution in [2.24, 2.45) is 5.92 Å². The number of halogens is 1. The Balaban J connectivity index is 1.48. The van der Waals surface area contributed by atoms with Crippen LogP contribution in [0.4, 0.5) is 4.39 Å². The minimum atomic E-state index is -0.165. The van der Waals surface area contributed by atoms with Gasteiger partial charge in [-0.05, 0) is 23.6 Å². The van der Waals surface area contributed by atoms with Gasteiger partial charge in [0.05, 0.1) is 12.0 Å². The smallest absolute Gasteiger partial charge is 0.123 e. The van der Waals surface area contributed by atoms with Crippen LogP contribution in [0.5, 0.6) is 0 Å². The lowest BCUT2D eigenvalue weighted by molar-refractivity contribution is 0.120. The highest BCUT2D eigenvalue weighted by Crippen LogP contribution is 2.13. The summed E-state index contributed by atoms with van der Waals surface area (Å²) < 4.78 is 15.3. The zero-order chi connectivity index (χ0) is 16.9. The summed E-state index contributed by atoms with van der Waals surface area (Å²) in [4.78, 5) is 9.25. The van der Waals surface area contributed by atoms with Crippen LogP contribution in [0.2, 0.25) is 0 Å². The van der Waals surface area contributed by atoms with Gasteiger partial charge in [-0.2, -0.15) is 0 Å². The molecule has 0 spiro atoms. The Hall–Kier alpha value is -1.72. The Morgan fingerprint density at radius 3 is 2.25 bits per heavy atom. The Morgan fingerprint density at radius 1 is 1.00 bits per heavy atom. The summed E-state index contributed by atoms with van der Waals surface area (Å²) in [5.74, 6) is 0.465. The van der Waals surface area contributed by atoms with E-state index in [9.17, 15) is 4.39 Å². The molecule has 0 saturated carbocycles. The van der Waals surface area contributed by atoms with E-state index in [1.165, 1.54) is 11.3 Å². The number of aromatic nitrogens is 2. The van der Waals surface area contributed by atoms with E-state index in [4.69, 9.17) is 0 Å². The predicted octanol–water partition coefficient (Wildman–Crippen LogP) is 3.00. The number of piperazine rings is 1. The van der Waals surface area contributed by atoms with Crippen LogP contribution >= 0.6 is 0 Å². The van der Waals surface area contributed by atoms with E-state index in [-0.39, 0.29) is 5.82 Å². The molecule has 0 atom stereocenters. The van der Waals surface area contributed by atoms with Gasteiger partial charge in [-0.1, -0.05) is 26.0 Å². The van der Waals surface area contributed by atoms with Crippen LogP contribution in [-0.4, -0.2) is 45.5 Å². The third-order valence-electron chi connectivity index (χ3n) is 4.53. The summed E-state index contributed by atoms with van der Waals surface area (Å²) in [6, 6.07) is 6.85. The van der Waals surface area contributed by atoms with Crippen LogP contribution in [0.1, 0.15) is 25.1 Å². The van der Waals surface area contributed by atoms with Crippen LogP contribution in [-0.2, 0) is 19.6 Å². The topological polar surface area (TPSA) is 24.3 Å². The van der Waals surface area contributed by atoms with Crippen molar-refractivity contribution >= 4 is 0 Å². The molecule has 0 aliphatic carbocycles. The Kier molecular flexibility index (Phi) is 5.63. The molecule has 5 heteroatoms. The molecule has 2 heterocycles. The van der Waals surface area contributed by atoms with Gasteiger partial charge in [-0.15, -0.1) is 0 Å². The largest absolute Gasteiger partial charge is 0.333 e. The average molecular weight is 330 g/mol. The molecule has 24 heavy (non-hydrogen) atoms. The van der Waals surface area contributed by atoms with Gasteiger partial charge in [0.25, 0.3) is 0 Å². The molecule has 1 aromatic heterocycles. The summed E-state index contributed by atoms with van der Waals surface area (Å²) in [5, 5.41) is 0. The second-order valence-corrected chi connectivity index (χ2v) is 7.11. The van der Waals surface area contributed by atoms with E-state index in [1.807, 2.05) is 24.7 Å². The van der Waals surface area contributed by atoms with Gasteiger partial charge in [-0.3, -0.25) is 9.80 Å². The van der Waals surface area contributed by atoms with Crippen LogP contribution < -0.4 is 0 Å². The minimum absolute atomic E-state index is 0.165. The molecule has 4 nitrogen and oxygen atoms in total. The van der Waals surface area contributed by atoms with Gasteiger partial charge in [0.15, 0.2) is 0 Å². The molecule has 1 aromatic carbocycles. The van der Waals surface area contributed by atoms with Gasteiger partial charge in [0.1, 0.15) is 5.82 Å². The van der Waals surface area contributed by atoms with Crippen LogP contribution in [0.15, 0.2) is 36.8 Å². The fourth-order valence-electron chi connectivity index (χ4n) is 3.22. The number of nitrogens with zero attached hydrogens (tertiary/aromatic N) is 4. The van der Waals surface area contributed by atoms with Crippen molar-refractivity contribution < 1.29 is 4.39 Å². The third kappa shape index (κ3) is 4.65. The van der Waals surface area contributed by atoms with E-state index in [1.54, 1.807) is 12.1 Å². The summed E-state index contributed by atoms with van der Waals surface area (Å²) in [5.41, 5.74) is 2.48. The monoisotopic (exact) mass is 330 g/mol. The normalized spacial score (nSPS) is 16.8. The molecule has 1 aliphatic rings. The van der Waals surface area contributed by atoms with Crippen molar-refractivity contribution in [3.05, 3.63) is 53.9 Å². The first-order valence-electron chi connectivity index (χ1n) is 8.78. The maximum atomic E-state index is 13.0. The predicted molar refractivity (Wildman–Crippen MR) is 94.0 cm³/mol. The molecular weight excluding hydrogens is 303 g/mol. The number of benzene rings is 1. The molecular formula is C19H27FN4. The van der Waals surface area contributed by atoms with Gasteiger partial charge < -0.3 is 4.57 Å². The molecule has 0 radical (unpaired) electrons. The average Bonchev–Trinajstić information content (AvgIpc) is 2.98. The highest BCUT2D eigenvalue weighted by molar-refractivity contribution is 5.16. The molecule has 1 saturated heterocycles. The summed E-state index contributed by atoms with van der Waals surface area (Å²) in [7, 11) is 0. The molecule has 1 fully saturated rings. The van der Waals surface area contributed by atoms with Crippen LogP contribution in [0.25, 0.3) is 0 Å². The molecule has 0 N–H and O–H groups in total. The lowest BCUT2D eigenvalue weighted by Gasteiger charge is -2.34. The van der Waals surface area contributed by atoms with E-state index in [2.05, 4.69) is 33.2 Å². The summed E-state index contributed by atoms with van der Waals surface area (Å²) >= 11 is 0. The van der Waals surface area contributed by atoms with Gasteiger partial charge in [0, 0.05) is 52.0 Å². The fraction of sp³-hybridized carbons (Fsp3) is 0.526. The van der Waals surface area contributed by atoms with Gasteiger partial charge in [0.2, 0.25) is 0 Å². The van der Waals surface area contributed by atoms with Crippen molar-refractivity contribution in [3.63, 3.8) is 0 Å². The minimum Gasteiger partial charge on any atom is -0.333 e. The maximum absolute atomic E-state index is 13.0. The second kappa shape index (κ2) is 7.90. The zero-order valence-electron chi connectivity index (χ0n) is 14.7. The molecule has 1 aliphatic heterocycles. The maximum Gasteiger partial charge on any atom is 0.123 e. The first-order valence-corrected chi connectivity index (χ1v) is 8.78. The van der Waals surface area contributed by atoms with Gasteiger partial charge in [-0.25, -0.2) is 9.37 Å². The molecule has 3 rings (SSSR count). The lowest BCUT2D eigenvalue weighted by atomic mass is 10.2. The first kappa shape index (κ1) is 17.1. The Morgan fingerprint density at radius 2 is 1.62 bits per heavy atom. The number of hydrogen-bond donors (Lipinski definition) is 0. The Labute approximate surface area is 143 Å². The zero-order valence-corrected chi connectivity index (χ0v) is 14.7. The molecule has 0 amide bonds. The quantitative estimate of drug-likeness (QED) is 0.814. The SMILES string of the molecule is CC(C)Cn1cncc1CN1CCN(Cc2ccc(F)cc2)CC1. The number of imidazole rings is 1. The second-order valence-electron chi connectivity index (χ2n) is 7.11. The van der Waals surface area contributed by atoms with E-state index < -0.39 is 0 Å². The summed E-state index contributed by atoms with van der Waals surface area (Å²) in [6.45, 7) is 11.6. The lowest BCUT2D eigenvalue weighted by Crippen LogP contribution is -2.45. The highest BCUT2D eigenvalue weighted by atomic mass is 19.1. The Bertz CT molecular complexity index is 627. The van der Waals surface area contributed by atoms with Crippen molar-refractivity contribution in [3.8, 4) is 0 Å². The van der Waals surface area contributed by atoms with Crippen molar-refractivity contribution in [1.82, 2.24) is 19.4 Å². The molecule has 2 aromatic rings. The summed E-state index contributed by atoms with van der Waals surface area (Å²) in [6.07, 6.45) is 3.94. The van der Waals surface area contributed by atoms with E-state index in [0.717, 1.165) is 45.8 Å². The van der Waals surface area contributed by atoms with E-state index >= 15 is 0 Å². The van der Waals surface area contributed by atoms with E-state index in [0.29, 0.717) is 5.92 Å². The number of hydrogen-bond acceptors (Lipinski definition) is 3. The third-order valence-corrected chi connectivity index (χ3v) is 4.53. The first-order chi connectivity index (χ1) is 11.6. The fourth-order valence-corrected chi connectivity index (χ4v) is 3.22. The molecule has 130 valence electrons. The van der Waals surface area contributed by atoms with Crippen molar-refractivity contribution in [1.29, 1.82) is 0 Å². The molecule has 0 bridgehead atoms.